The van der Waals surface area contributed by atoms with Gasteiger partial charge in [-0.15, -0.1) is 0 Å². The van der Waals surface area contributed by atoms with E-state index in [-0.39, 0.29) is 22.6 Å². The predicted octanol–water partition coefficient (Wildman–Crippen LogP) is 1.35. The molecular formula is C13H8F4N4O3. The van der Waals surface area contributed by atoms with Crippen LogP contribution in [0.25, 0.3) is 5.69 Å². The molecule has 11 heteroatoms. The number of alkyl halides is 3. The van der Waals surface area contributed by atoms with Crippen LogP contribution in [0, 0.1) is 17.1 Å². The summed E-state index contributed by atoms with van der Waals surface area (Å²) in [5, 5.41) is 11.8. The zero-order valence-electron chi connectivity index (χ0n) is 11.9. The Morgan fingerprint density at radius 1 is 1.38 bits per heavy atom. The molecule has 0 bridgehead atoms. The van der Waals surface area contributed by atoms with Crippen LogP contribution in [-0.4, -0.2) is 21.4 Å². The number of hydrogen-bond donors (Lipinski definition) is 1. The number of aromatic nitrogens is 3. The van der Waals surface area contributed by atoms with Crippen molar-refractivity contribution in [2.24, 2.45) is 0 Å². The van der Waals surface area contributed by atoms with Gasteiger partial charge < -0.3 is 4.74 Å². The Morgan fingerprint density at radius 3 is 2.58 bits per heavy atom. The number of nitrogens with zero attached hydrogens (tertiary/aromatic N) is 3. The molecule has 0 saturated carbocycles. The van der Waals surface area contributed by atoms with Crippen molar-refractivity contribution in [3.8, 4) is 17.5 Å². The van der Waals surface area contributed by atoms with Crippen molar-refractivity contribution in [1.82, 2.24) is 14.8 Å². The van der Waals surface area contributed by atoms with Gasteiger partial charge in [-0.1, -0.05) is 0 Å². The second-order valence-corrected chi connectivity index (χ2v) is 4.36. The van der Waals surface area contributed by atoms with Gasteiger partial charge in [-0.25, -0.2) is 9.18 Å². The molecule has 1 aromatic carbocycles. The van der Waals surface area contributed by atoms with E-state index in [4.69, 9.17) is 10.00 Å². The summed E-state index contributed by atoms with van der Waals surface area (Å²) in [4.78, 5) is 24.3. The highest BCUT2D eigenvalue weighted by Crippen LogP contribution is 2.26. The maximum atomic E-state index is 14.1. The van der Waals surface area contributed by atoms with Gasteiger partial charge in [0.15, 0.2) is 5.82 Å². The van der Waals surface area contributed by atoms with Crippen LogP contribution in [0.1, 0.15) is 18.2 Å². The third kappa shape index (κ3) is 3.12. The quantitative estimate of drug-likeness (QED) is 0.847. The van der Waals surface area contributed by atoms with E-state index in [0.29, 0.717) is 6.07 Å². The lowest BCUT2D eigenvalue weighted by Crippen LogP contribution is -2.37. The largest absolute Gasteiger partial charge is 0.492 e. The highest BCUT2D eigenvalue weighted by Gasteiger charge is 2.37. The van der Waals surface area contributed by atoms with Crippen molar-refractivity contribution in [2.75, 3.05) is 6.61 Å². The molecule has 2 aromatic rings. The molecule has 0 spiro atoms. The molecule has 0 amide bonds. The van der Waals surface area contributed by atoms with Crippen LogP contribution >= 0.6 is 0 Å². The summed E-state index contributed by atoms with van der Waals surface area (Å²) >= 11 is 0. The lowest BCUT2D eigenvalue weighted by atomic mass is 10.2. The first kappa shape index (κ1) is 17.2. The van der Waals surface area contributed by atoms with Crippen LogP contribution in [0.2, 0.25) is 0 Å². The Balaban J connectivity index is 2.77. The zero-order valence-corrected chi connectivity index (χ0v) is 11.9. The van der Waals surface area contributed by atoms with Crippen molar-refractivity contribution in [1.29, 1.82) is 5.26 Å². The third-order valence-corrected chi connectivity index (χ3v) is 2.79. The van der Waals surface area contributed by atoms with E-state index >= 15 is 0 Å². The molecule has 0 fully saturated rings. The molecule has 7 nitrogen and oxygen atoms in total. The Bertz CT molecular complexity index is 940. The number of nitrogens with one attached hydrogen (secondary N) is 1. The molecule has 24 heavy (non-hydrogen) atoms. The molecule has 126 valence electrons. The number of hydrogen-bond acceptors (Lipinski definition) is 5. The Kier molecular flexibility index (Phi) is 4.41. The molecule has 0 saturated heterocycles. The standard InChI is InChI=1S/C13H8F4N4O3/c1-2-24-9-4-8(7(14)3-6(9)5-18)21-12(23)19-11(22)10(20-21)13(15,16)17/h3-4H,2H2,1H3,(H,19,22,23). The molecule has 0 radical (unpaired) electrons. The summed E-state index contributed by atoms with van der Waals surface area (Å²) in [7, 11) is 0. The minimum Gasteiger partial charge on any atom is -0.492 e. The predicted molar refractivity (Wildman–Crippen MR) is 71.3 cm³/mol. The van der Waals surface area contributed by atoms with Gasteiger partial charge in [0.2, 0.25) is 5.69 Å². The van der Waals surface area contributed by atoms with E-state index in [0.717, 1.165) is 6.07 Å². The first-order valence-corrected chi connectivity index (χ1v) is 6.36. The third-order valence-electron chi connectivity index (χ3n) is 2.79. The van der Waals surface area contributed by atoms with E-state index in [1.807, 2.05) is 0 Å². The van der Waals surface area contributed by atoms with Gasteiger partial charge in [0.1, 0.15) is 17.5 Å². The summed E-state index contributed by atoms with van der Waals surface area (Å²) in [5.41, 5.74) is -5.96. The Morgan fingerprint density at radius 2 is 2.04 bits per heavy atom. The smallest absolute Gasteiger partial charge is 0.440 e. The van der Waals surface area contributed by atoms with Crippen molar-refractivity contribution in [2.45, 2.75) is 13.1 Å². The van der Waals surface area contributed by atoms with Crippen molar-refractivity contribution < 1.29 is 22.3 Å². The van der Waals surface area contributed by atoms with Gasteiger partial charge in [-0.2, -0.15) is 28.2 Å². The summed E-state index contributed by atoms with van der Waals surface area (Å²) in [6.07, 6.45) is -5.14. The van der Waals surface area contributed by atoms with Gasteiger partial charge in [-0.05, 0) is 13.0 Å². The van der Waals surface area contributed by atoms with Gasteiger partial charge in [0.25, 0.3) is 5.56 Å². The fourth-order valence-electron chi connectivity index (χ4n) is 1.82. The van der Waals surface area contributed by atoms with E-state index < -0.39 is 34.6 Å². The average Bonchev–Trinajstić information content (AvgIpc) is 2.48. The molecule has 0 aliphatic rings. The fraction of sp³-hybridized carbons (Fsp3) is 0.231. The van der Waals surface area contributed by atoms with E-state index in [1.165, 1.54) is 4.98 Å². The zero-order chi connectivity index (χ0) is 18.1. The summed E-state index contributed by atoms with van der Waals surface area (Å²) in [6.45, 7) is 1.65. The highest BCUT2D eigenvalue weighted by atomic mass is 19.4. The molecule has 1 N–H and O–H groups in total. The molecule has 1 heterocycles. The number of ether oxygens (including phenoxy) is 1. The maximum Gasteiger partial charge on any atom is 0.440 e. The van der Waals surface area contributed by atoms with Crippen LogP contribution in [-0.2, 0) is 6.18 Å². The fourth-order valence-corrected chi connectivity index (χ4v) is 1.82. The second kappa shape index (κ2) is 6.15. The van der Waals surface area contributed by atoms with E-state index in [9.17, 15) is 27.2 Å². The maximum absolute atomic E-state index is 14.1. The monoisotopic (exact) mass is 344 g/mol. The van der Waals surface area contributed by atoms with Crippen LogP contribution in [0.3, 0.4) is 0 Å². The highest BCUT2D eigenvalue weighted by molar-refractivity contribution is 5.50. The van der Waals surface area contributed by atoms with Crippen LogP contribution < -0.4 is 16.0 Å². The molecular weight excluding hydrogens is 336 g/mol. The van der Waals surface area contributed by atoms with Crippen LogP contribution in [0.15, 0.2) is 21.7 Å². The number of nitriles is 1. The summed E-state index contributed by atoms with van der Waals surface area (Å²) < 4.78 is 57.4. The number of H-pyrrole nitrogens is 1. The summed E-state index contributed by atoms with van der Waals surface area (Å²) in [5.74, 6) is -1.34. The first-order chi connectivity index (χ1) is 11.2. The number of halogens is 4. The molecule has 1 aromatic heterocycles. The Labute approximate surface area is 130 Å². The van der Waals surface area contributed by atoms with Gasteiger partial charge in [-0.3, -0.25) is 9.78 Å². The molecule has 0 atom stereocenters. The van der Waals surface area contributed by atoms with Crippen molar-refractivity contribution in [3.63, 3.8) is 0 Å². The van der Waals surface area contributed by atoms with Gasteiger partial charge in [0.05, 0.1) is 12.2 Å². The number of benzene rings is 1. The molecule has 0 unspecified atom stereocenters. The molecule has 0 aliphatic carbocycles. The van der Waals surface area contributed by atoms with E-state index in [2.05, 4.69) is 5.10 Å². The average molecular weight is 344 g/mol. The first-order valence-electron chi connectivity index (χ1n) is 6.36. The minimum absolute atomic E-state index is 0.0449. The molecule has 0 aliphatic heterocycles. The Hall–Kier alpha value is -3.16. The second-order valence-electron chi connectivity index (χ2n) is 4.36. The van der Waals surface area contributed by atoms with Crippen LogP contribution in [0.5, 0.6) is 5.75 Å². The number of rotatable bonds is 3. The topological polar surface area (TPSA) is 101 Å². The lowest BCUT2D eigenvalue weighted by Gasteiger charge is -2.12. The van der Waals surface area contributed by atoms with E-state index in [1.54, 1.807) is 13.0 Å². The van der Waals surface area contributed by atoms with Gasteiger partial charge >= 0.3 is 11.9 Å². The normalized spacial score (nSPS) is 11.2. The lowest BCUT2D eigenvalue weighted by molar-refractivity contribution is -0.143. The van der Waals surface area contributed by atoms with Gasteiger partial charge in [0, 0.05) is 6.07 Å². The van der Waals surface area contributed by atoms with Crippen molar-refractivity contribution in [3.05, 3.63) is 50.0 Å². The minimum atomic E-state index is -5.14. The summed E-state index contributed by atoms with van der Waals surface area (Å²) in [6, 6.07) is 3.19. The van der Waals surface area contributed by atoms with Crippen molar-refractivity contribution >= 4 is 0 Å². The SMILES string of the molecule is CCOc1cc(-n2nc(C(F)(F)F)c(=O)[nH]c2=O)c(F)cc1C#N. The number of aromatic amines is 1. The molecule has 2 rings (SSSR count). The van der Waals surface area contributed by atoms with Crippen LogP contribution in [0.4, 0.5) is 17.6 Å².